The minimum Gasteiger partial charge on any atom is -0.351 e. The number of carbonyl (C=O) groups excluding carboxylic acids is 1. The van der Waals surface area contributed by atoms with Crippen LogP contribution in [-0.2, 0) is 5.41 Å². The van der Waals surface area contributed by atoms with Crippen molar-refractivity contribution in [2.75, 3.05) is 6.54 Å². The van der Waals surface area contributed by atoms with Gasteiger partial charge in [0.2, 0.25) is 0 Å². The van der Waals surface area contributed by atoms with Crippen LogP contribution < -0.4 is 5.32 Å². The molecule has 3 aromatic rings. The second-order valence-corrected chi connectivity index (χ2v) is 7.72. The van der Waals surface area contributed by atoms with Crippen molar-refractivity contribution in [2.45, 2.75) is 25.7 Å². The zero-order chi connectivity index (χ0) is 18.5. The zero-order valence-electron chi connectivity index (χ0n) is 14.7. The normalized spacial score (nSPS) is 20.9. The maximum atomic E-state index is 14.4. The molecule has 1 aliphatic carbocycles. The number of nitrogens with one attached hydrogen (secondary N) is 2. The van der Waals surface area contributed by atoms with Crippen LogP contribution in [0.2, 0.25) is 0 Å². The molecule has 1 aliphatic rings. The highest BCUT2D eigenvalue weighted by molar-refractivity contribution is 5.98. The lowest BCUT2D eigenvalue weighted by Crippen LogP contribution is -2.35. The van der Waals surface area contributed by atoms with E-state index in [1.54, 1.807) is 6.07 Å². The highest BCUT2D eigenvalue weighted by Crippen LogP contribution is 2.64. The number of amides is 1. The van der Waals surface area contributed by atoms with E-state index in [0.717, 1.165) is 23.4 Å². The van der Waals surface area contributed by atoms with Gasteiger partial charge in [0.15, 0.2) is 0 Å². The Kier molecular flexibility index (Phi) is 3.65. The van der Waals surface area contributed by atoms with E-state index in [1.165, 1.54) is 12.1 Å². The van der Waals surface area contributed by atoms with E-state index in [2.05, 4.69) is 10.3 Å². The van der Waals surface area contributed by atoms with E-state index >= 15 is 0 Å². The lowest BCUT2D eigenvalue weighted by molar-refractivity contribution is 0.0943. The first-order valence-corrected chi connectivity index (χ1v) is 8.64. The van der Waals surface area contributed by atoms with Gasteiger partial charge < -0.3 is 10.3 Å². The van der Waals surface area contributed by atoms with Crippen molar-refractivity contribution < 1.29 is 13.6 Å². The molecule has 1 heterocycles. The SMILES string of the molecule is CC1(C)CC1(CNC(=O)c1cc2ccccc2[nH]1)c1ccc(F)cc1F. The summed E-state index contributed by atoms with van der Waals surface area (Å²) in [5, 5.41) is 3.89. The predicted molar refractivity (Wildman–Crippen MR) is 97.1 cm³/mol. The quantitative estimate of drug-likeness (QED) is 0.710. The molecule has 0 saturated heterocycles. The van der Waals surface area contributed by atoms with E-state index < -0.39 is 17.0 Å². The Labute approximate surface area is 150 Å². The molecular weight excluding hydrogens is 334 g/mol. The van der Waals surface area contributed by atoms with Crippen molar-refractivity contribution in [3.8, 4) is 0 Å². The van der Waals surface area contributed by atoms with Crippen molar-refractivity contribution in [3.63, 3.8) is 0 Å². The molecule has 1 atom stereocenters. The molecule has 1 saturated carbocycles. The van der Waals surface area contributed by atoms with Crippen LogP contribution in [0.4, 0.5) is 8.78 Å². The molecule has 1 amide bonds. The van der Waals surface area contributed by atoms with Gasteiger partial charge in [-0.15, -0.1) is 0 Å². The number of halogens is 2. The molecule has 134 valence electrons. The number of para-hydroxylation sites is 1. The molecule has 5 heteroatoms. The van der Waals surface area contributed by atoms with Gasteiger partial charge in [0.25, 0.3) is 5.91 Å². The maximum absolute atomic E-state index is 14.4. The van der Waals surface area contributed by atoms with Gasteiger partial charge in [0.05, 0.1) is 0 Å². The molecule has 0 bridgehead atoms. The van der Waals surface area contributed by atoms with Crippen LogP contribution in [0.1, 0.15) is 36.3 Å². The molecule has 0 spiro atoms. The number of aromatic nitrogens is 1. The zero-order valence-corrected chi connectivity index (χ0v) is 14.7. The summed E-state index contributed by atoms with van der Waals surface area (Å²) >= 11 is 0. The second-order valence-electron chi connectivity index (χ2n) is 7.72. The summed E-state index contributed by atoms with van der Waals surface area (Å²) in [5.74, 6) is -1.39. The van der Waals surface area contributed by atoms with E-state index in [0.29, 0.717) is 17.8 Å². The fraction of sp³-hybridized carbons (Fsp3) is 0.286. The Morgan fingerprint density at radius 1 is 1.15 bits per heavy atom. The Hall–Kier alpha value is -2.69. The average Bonchev–Trinajstić information content (AvgIpc) is 2.95. The summed E-state index contributed by atoms with van der Waals surface area (Å²) in [7, 11) is 0. The van der Waals surface area contributed by atoms with Gasteiger partial charge >= 0.3 is 0 Å². The summed E-state index contributed by atoms with van der Waals surface area (Å²) < 4.78 is 27.6. The molecule has 4 rings (SSSR count). The summed E-state index contributed by atoms with van der Waals surface area (Å²) in [6, 6.07) is 13.1. The number of benzene rings is 2. The molecule has 1 unspecified atom stereocenters. The standard InChI is InChI=1S/C21H20F2N2O/c1-20(2)11-21(20,15-8-7-14(22)10-16(15)23)12-24-19(26)18-9-13-5-3-4-6-17(13)25-18/h3-10,25H,11-12H2,1-2H3,(H,24,26). The molecule has 0 aliphatic heterocycles. The molecular formula is C21H20F2N2O. The van der Waals surface area contributed by atoms with E-state index in [-0.39, 0.29) is 11.3 Å². The summed E-state index contributed by atoms with van der Waals surface area (Å²) in [4.78, 5) is 15.7. The smallest absolute Gasteiger partial charge is 0.267 e. The number of rotatable bonds is 4. The van der Waals surface area contributed by atoms with Crippen molar-refractivity contribution in [1.82, 2.24) is 10.3 Å². The molecule has 1 fully saturated rings. The lowest BCUT2D eigenvalue weighted by atomic mass is 9.87. The number of aromatic amines is 1. The Bertz CT molecular complexity index is 975. The van der Waals surface area contributed by atoms with Crippen LogP contribution in [0.5, 0.6) is 0 Å². The summed E-state index contributed by atoms with van der Waals surface area (Å²) in [6.45, 7) is 4.37. The highest BCUT2D eigenvalue weighted by atomic mass is 19.1. The number of carbonyl (C=O) groups is 1. The van der Waals surface area contributed by atoms with Crippen LogP contribution in [-0.4, -0.2) is 17.4 Å². The van der Waals surface area contributed by atoms with Crippen molar-refractivity contribution in [3.05, 3.63) is 71.4 Å². The first kappa shape index (κ1) is 16.8. The van der Waals surface area contributed by atoms with E-state index in [1.807, 2.05) is 38.1 Å². The largest absolute Gasteiger partial charge is 0.351 e. The molecule has 26 heavy (non-hydrogen) atoms. The van der Waals surface area contributed by atoms with Crippen LogP contribution in [0.25, 0.3) is 10.9 Å². The monoisotopic (exact) mass is 354 g/mol. The minimum atomic E-state index is -0.595. The molecule has 2 N–H and O–H groups in total. The van der Waals surface area contributed by atoms with Crippen LogP contribution in [0.3, 0.4) is 0 Å². The van der Waals surface area contributed by atoms with Gasteiger partial charge in [-0.1, -0.05) is 38.1 Å². The number of fused-ring (bicyclic) bond motifs is 1. The van der Waals surface area contributed by atoms with Gasteiger partial charge in [-0.3, -0.25) is 4.79 Å². The van der Waals surface area contributed by atoms with Crippen LogP contribution in [0.15, 0.2) is 48.5 Å². The fourth-order valence-electron chi connectivity index (χ4n) is 3.97. The van der Waals surface area contributed by atoms with Crippen molar-refractivity contribution >= 4 is 16.8 Å². The molecule has 3 nitrogen and oxygen atoms in total. The average molecular weight is 354 g/mol. The van der Waals surface area contributed by atoms with Crippen LogP contribution in [0, 0.1) is 17.0 Å². The summed E-state index contributed by atoms with van der Waals surface area (Å²) in [5.41, 5.74) is 1.13. The molecule has 0 radical (unpaired) electrons. The Morgan fingerprint density at radius 2 is 1.88 bits per heavy atom. The van der Waals surface area contributed by atoms with Crippen molar-refractivity contribution in [2.24, 2.45) is 5.41 Å². The third kappa shape index (κ3) is 2.59. The number of H-pyrrole nitrogens is 1. The van der Waals surface area contributed by atoms with Gasteiger partial charge in [-0.25, -0.2) is 8.78 Å². The molecule has 2 aromatic carbocycles. The van der Waals surface area contributed by atoms with E-state index in [9.17, 15) is 13.6 Å². The van der Waals surface area contributed by atoms with Crippen LogP contribution >= 0.6 is 0 Å². The molecule has 1 aromatic heterocycles. The first-order chi connectivity index (χ1) is 12.3. The first-order valence-electron chi connectivity index (χ1n) is 8.64. The van der Waals surface area contributed by atoms with Gasteiger partial charge in [-0.2, -0.15) is 0 Å². The number of hydrogen-bond acceptors (Lipinski definition) is 1. The topological polar surface area (TPSA) is 44.9 Å². The van der Waals surface area contributed by atoms with Crippen molar-refractivity contribution in [1.29, 1.82) is 0 Å². The fourth-order valence-corrected chi connectivity index (χ4v) is 3.97. The van der Waals surface area contributed by atoms with Gasteiger partial charge in [0.1, 0.15) is 17.3 Å². The third-order valence-corrected chi connectivity index (χ3v) is 5.69. The Morgan fingerprint density at radius 3 is 2.54 bits per heavy atom. The van der Waals surface area contributed by atoms with Gasteiger partial charge in [-0.05, 0) is 35.6 Å². The maximum Gasteiger partial charge on any atom is 0.267 e. The lowest BCUT2D eigenvalue weighted by Gasteiger charge is -2.22. The number of hydrogen-bond donors (Lipinski definition) is 2. The van der Waals surface area contributed by atoms with Gasteiger partial charge in [0, 0.05) is 28.9 Å². The minimum absolute atomic E-state index is 0.167. The highest BCUT2D eigenvalue weighted by Gasteiger charge is 2.62. The predicted octanol–water partition coefficient (Wildman–Crippen LogP) is 4.54. The second kappa shape index (κ2) is 5.66. The Balaban J connectivity index is 1.57. The third-order valence-electron chi connectivity index (χ3n) is 5.69. The summed E-state index contributed by atoms with van der Waals surface area (Å²) in [6.07, 6.45) is 0.732. The van der Waals surface area contributed by atoms with E-state index in [4.69, 9.17) is 0 Å².